The van der Waals surface area contributed by atoms with E-state index in [2.05, 4.69) is 21.2 Å². The average molecular weight is 277 g/mol. The van der Waals surface area contributed by atoms with Crippen molar-refractivity contribution in [2.24, 2.45) is 5.73 Å². The van der Waals surface area contributed by atoms with Gasteiger partial charge in [-0.3, -0.25) is 0 Å². The van der Waals surface area contributed by atoms with Crippen LogP contribution in [0.25, 0.3) is 0 Å². The van der Waals surface area contributed by atoms with E-state index < -0.39 is 0 Å². The molecule has 5 heteroatoms. The van der Waals surface area contributed by atoms with Gasteiger partial charge in [-0.1, -0.05) is 0 Å². The zero-order chi connectivity index (χ0) is 11.1. The van der Waals surface area contributed by atoms with E-state index in [1.165, 1.54) is 0 Å². The van der Waals surface area contributed by atoms with Crippen LogP contribution in [-0.2, 0) is 0 Å². The van der Waals surface area contributed by atoms with Crippen LogP contribution >= 0.6 is 15.9 Å². The minimum atomic E-state index is 0.0509. The molecule has 1 atom stereocenters. The SMILES string of the molecule is NCC(NCCCCO)c1ccc(Br)o1. The van der Waals surface area contributed by atoms with E-state index in [9.17, 15) is 0 Å². The Labute approximate surface area is 98.0 Å². The topological polar surface area (TPSA) is 71.4 Å². The Hall–Kier alpha value is -0.360. The first-order valence-corrected chi connectivity index (χ1v) is 5.86. The Bertz CT molecular complexity index is 278. The molecule has 0 aliphatic rings. The quantitative estimate of drug-likeness (QED) is 0.659. The van der Waals surface area contributed by atoms with Gasteiger partial charge in [0.15, 0.2) is 4.67 Å². The standard InChI is InChI=1S/C10H17BrN2O2/c11-10-4-3-9(15-10)8(7-12)13-5-1-2-6-14/h3-4,8,13-14H,1-2,5-7,12H2. The van der Waals surface area contributed by atoms with Gasteiger partial charge in [0.25, 0.3) is 0 Å². The number of hydrogen-bond donors (Lipinski definition) is 3. The molecular formula is C10H17BrN2O2. The summed E-state index contributed by atoms with van der Waals surface area (Å²) >= 11 is 3.25. The Morgan fingerprint density at radius 1 is 1.47 bits per heavy atom. The number of aliphatic hydroxyl groups is 1. The largest absolute Gasteiger partial charge is 0.453 e. The highest BCUT2D eigenvalue weighted by atomic mass is 79.9. The second kappa shape index (κ2) is 7.00. The summed E-state index contributed by atoms with van der Waals surface area (Å²) in [5, 5.41) is 11.9. The Balaban J connectivity index is 2.35. The molecule has 0 radical (unpaired) electrons. The van der Waals surface area contributed by atoms with Crippen molar-refractivity contribution in [3.63, 3.8) is 0 Å². The summed E-state index contributed by atoms with van der Waals surface area (Å²) in [6, 6.07) is 3.81. The maximum atomic E-state index is 8.63. The molecule has 0 bridgehead atoms. The van der Waals surface area contributed by atoms with Gasteiger partial charge in [-0.2, -0.15) is 0 Å². The highest BCUT2D eigenvalue weighted by Gasteiger charge is 2.12. The molecule has 0 fully saturated rings. The van der Waals surface area contributed by atoms with Crippen LogP contribution in [0.15, 0.2) is 21.2 Å². The van der Waals surface area contributed by atoms with Crippen molar-refractivity contribution in [3.05, 3.63) is 22.6 Å². The van der Waals surface area contributed by atoms with E-state index in [-0.39, 0.29) is 12.6 Å². The minimum Gasteiger partial charge on any atom is -0.453 e. The Morgan fingerprint density at radius 3 is 2.80 bits per heavy atom. The third kappa shape index (κ3) is 4.34. The van der Waals surface area contributed by atoms with Gasteiger partial charge >= 0.3 is 0 Å². The lowest BCUT2D eigenvalue weighted by molar-refractivity contribution is 0.281. The van der Waals surface area contributed by atoms with Crippen molar-refractivity contribution >= 4 is 15.9 Å². The molecule has 1 aromatic heterocycles. The van der Waals surface area contributed by atoms with Crippen LogP contribution in [0.1, 0.15) is 24.6 Å². The van der Waals surface area contributed by atoms with E-state index in [0.29, 0.717) is 11.2 Å². The number of rotatable bonds is 7. The van der Waals surface area contributed by atoms with E-state index in [1.807, 2.05) is 12.1 Å². The lowest BCUT2D eigenvalue weighted by atomic mass is 10.2. The van der Waals surface area contributed by atoms with Gasteiger partial charge in [-0.05, 0) is 47.4 Å². The Morgan fingerprint density at radius 2 is 2.27 bits per heavy atom. The molecule has 0 amide bonds. The average Bonchev–Trinajstić information content (AvgIpc) is 2.65. The lowest BCUT2D eigenvalue weighted by Crippen LogP contribution is -2.28. The summed E-state index contributed by atoms with van der Waals surface area (Å²) in [4.78, 5) is 0. The van der Waals surface area contributed by atoms with E-state index in [0.717, 1.165) is 25.1 Å². The highest BCUT2D eigenvalue weighted by Crippen LogP contribution is 2.19. The fourth-order valence-corrected chi connectivity index (χ4v) is 1.65. The number of nitrogens with two attached hydrogens (primary N) is 1. The zero-order valence-electron chi connectivity index (χ0n) is 8.58. The van der Waals surface area contributed by atoms with Crippen molar-refractivity contribution in [1.82, 2.24) is 5.32 Å². The predicted molar refractivity (Wildman–Crippen MR) is 62.5 cm³/mol. The van der Waals surface area contributed by atoms with E-state index in [1.54, 1.807) is 0 Å². The maximum Gasteiger partial charge on any atom is 0.169 e. The van der Waals surface area contributed by atoms with Crippen LogP contribution in [0.2, 0.25) is 0 Å². The molecule has 4 nitrogen and oxygen atoms in total. The fraction of sp³-hybridized carbons (Fsp3) is 0.600. The first-order chi connectivity index (χ1) is 7.27. The van der Waals surface area contributed by atoms with Gasteiger partial charge in [-0.25, -0.2) is 0 Å². The number of halogens is 1. The molecule has 4 N–H and O–H groups in total. The zero-order valence-corrected chi connectivity index (χ0v) is 10.2. The van der Waals surface area contributed by atoms with Crippen LogP contribution in [0.4, 0.5) is 0 Å². The molecule has 0 aliphatic heterocycles. The van der Waals surface area contributed by atoms with Crippen LogP contribution in [0.5, 0.6) is 0 Å². The van der Waals surface area contributed by atoms with Crippen molar-refractivity contribution in [2.45, 2.75) is 18.9 Å². The van der Waals surface area contributed by atoms with Gasteiger partial charge in [-0.15, -0.1) is 0 Å². The molecule has 0 saturated heterocycles. The van der Waals surface area contributed by atoms with Crippen molar-refractivity contribution in [1.29, 1.82) is 0 Å². The molecule has 1 unspecified atom stereocenters. The number of nitrogens with one attached hydrogen (secondary N) is 1. The predicted octanol–water partition coefficient (Wildman–Crippen LogP) is 1.40. The molecule has 86 valence electrons. The summed E-state index contributed by atoms with van der Waals surface area (Å²) in [5.41, 5.74) is 5.64. The van der Waals surface area contributed by atoms with Crippen molar-refractivity contribution in [3.8, 4) is 0 Å². The second-order valence-corrected chi connectivity index (χ2v) is 4.10. The molecule has 0 aliphatic carbocycles. The lowest BCUT2D eigenvalue weighted by Gasteiger charge is -2.13. The first-order valence-electron chi connectivity index (χ1n) is 5.07. The third-order valence-corrected chi connectivity index (χ3v) is 2.57. The van der Waals surface area contributed by atoms with Gasteiger partial charge in [0.05, 0.1) is 6.04 Å². The van der Waals surface area contributed by atoms with Crippen molar-refractivity contribution in [2.75, 3.05) is 19.7 Å². The molecule has 0 spiro atoms. The minimum absolute atomic E-state index is 0.0509. The smallest absolute Gasteiger partial charge is 0.169 e. The molecule has 1 heterocycles. The molecule has 15 heavy (non-hydrogen) atoms. The third-order valence-electron chi connectivity index (χ3n) is 2.15. The normalized spacial score (nSPS) is 13.0. The van der Waals surface area contributed by atoms with Gasteiger partial charge in [0.2, 0.25) is 0 Å². The van der Waals surface area contributed by atoms with Crippen LogP contribution in [0.3, 0.4) is 0 Å². The first kappa shape index (κ1) is 12.7. The van der Waals surface area contributed by atoms with Gasteiger partial charge < -0.3 is 20.6 Å². The van der Waals surface area contributed by atoms with Gasteiger partial charge in [0, 0.05) is 13.2 Å². The summed E-state index contributed by atoms with van der Waals surface area (Å²) in [6.07, 6.45) is 1.75. The number of aliphatic hydroxyl groups excluding tert-OH is 1. The van der Waals surface area contributed by atoms with Gasteiger partial charge in [0.1, 0.15) is 5.76 Å². The monoisotopic (exact) mass is 276 g/mol. The summed E-state index contributed by atoms with van der Waals surface area (Å²) in [7, 11) is 0. The number of hydrogen-bond acceptors (Lipinski definition) is 4. The Kier molecular flexibility index (Phi) is 5.93. The fourth-order valence-electron chi connectivity index (χ4n) is 1.33. The van der Waals surface area contributed by atoms with Crippen LogP contribution < -0.4 is 11.1 Å². The van der Waals surface area contributed by atoms with E-state index >= 15 is 0 Å². The molecule has 1 aromatic rings. The summed E-state index contributed by atoms with van der Waals surface area (Å²) in [5.74, 6) is 0.841. The van der Waals surface area contributed by atoms with Crippen LogP contribution in [-0.4, -0.2) is 24.8 Å². The number of furan rings is 1. The molecule has 0 aromatic carbocycles. The maximum absolute atomic E-state index is 8.63. The van der Waals surface area contributed by atoms with Crippen molar-refractivity contribution < 1.29 is 9.52 Å². The van der Waals surface area contributed by atoms with E-state index in [4.69, 9.17) is 15.3 Å². The van der Waals surface area contributed by atoms with Crippen LogP contribution in [0, 0.1) is 0 Å². The molecule has 0 saturated carbocycles. The number of unbranched alkanes of at least 4 members (excludes halogenated alkanes) is 1. The second-order valence-electron chi connectivity index (χ2n) is 3.32. The molecule has 1 rings (SSSR count). The summed E-state index contributed by atoms with van der Waals surface area (Å²) in [6.45, 7) is 1.57. The molecular weight excluding hydrogens is 260 g/mol. The summed E-state index contributed by atoms with van der Waals surface area (Å²) < 4.78 is 6.13. The highest BCUT2D eigenvalue weighted by molar-refractivity contribution is 9.10.